The lowest BCUT2D eigenvalue weighted by Gasteiger charge is -2.46. The molecule has 0 aromatic heterocycles. The second-order valence-electron chi connectivity index (χ2n) is 28.2. The van der Waals surface area contributed by atoms with Crippen molar-refractivity contribution in [2.45, 2.75) is 213 Å². The molecule has 2 aliphatic heterocycles. The van der Waals surface area contributed by atoms with Crippen LogP contribution in [0.5, 0.6) is 0 Å². The molecule has 2 saturated heterocycles. The van der Waals surface area contributed by atoms with Crippen LogP contribution in [-0.2, 0) is 80.7 Å². The first-order valence-electron chi connectivity index (χ1n) is 27.3. The second kappa shape index (κ2) is 25.5. The minimum atomic E-state index is -1.41. The van der Waals surface area contributed by atoms with Crippen molar-refractivity contribution in [1.82, 2.24) is 0 Å². The molecule has 1 unspecified atom stereocenters. The summed E-state index contributed by atoms with van der Waals surface area (Å²) in [4.78, 5) is 95.0. The fourth-order valence-electron chi connectivity index (χ4n) is 7.81. The van der Waals surface area contributed by atoms with Crippen LogP contribution in [0.15, 0.2) is 42.5 Å². The van der Waals surface area contributed by atoms with Crippen LogP contribution in [0.3, 0.4) is 0 Å². The number of carbonyl (C=O) groups excluding carboxylic acids is 7. The molecule has 0 radical (unpaired) electrons. The first-order valence-corrected chi connectivity index (χ1v) is 27.8. The zero-order valence-electron chi connectivity index (χ0n) is 51.4. The summed E-state index contributed by atoms with van der Waals surface area (Å²) in [5.74, 6) is -4.14. The largest absolute Gasteiger partial charge is 0.462 e. The van der Waals surface area contributed by atoms with E-state index in [0.29, 0.717) is 16.7 Å². The van der Waals surface area contributed by atoms with Crippen LogP contribution in [0.4, 0.5) is 0 Å². The van der Waals surface area contributed by atoms with Gasteiger partial charge in [-0.15, -0.1) is 0 Å². The Morgan fingerprint density at radius 2 is 0.725 bits per heavy atom. The SMILES string of the molecule is Cc1cc(/C=C/c2ccc([C@H]3O[C@H](COC(=O)C(C)(C)C)[C@@H](OC(=O)C(C)(C)C)[C@H](OC(=O)C(C)(C)C)[C@@H]3OP)cc2)ccc1[C@H]1O[C@H](COC(=O)C(C)(C)C)[C@@H](OC(=O)C(C)(C)C)[C@H](OC(=O)C(C)(C)C)[C@@H]1OC(=O)C(C)(C)C. The summed E-state index contributed by atoms with van der Waals surface area (Å²) in [6, 6.07) is 13.0. The summed E-state index contributed by atoms with van der Waals surface area (Å²) in [6.07, 6.45) is -8.06. The van der Waals surface area contributed by atoms with Gasteiger partial charge in [-0.3, -0.25) is 33.6 Å². The van der Waals surface area contributed by atoms with Gasteiger partial charge in [0.2, 0.25) is 0 Å². The van der Waals surface area contributed by atoms with Crippen LogP contribution < -0.4 is 0 Å². The van der Waals surface area contributed by atoms with Crippen molar-refractivity contribution < 1.29 is 80.7 Å². The van der Waals surface area contributed by atoms with E-state index in [1.807, 2.05) is 61.5 Å². The van der Waals surface area contributed by atoms with Gasteiger partial charge in [0.05, 0.1) is 37.9 Å². The van der Waals surface area contributed by atoms with Gasteiger partial charge in [-0.1, -0.05) is 54.6 Å². The molecule has 11 atom stereocenters. The quantitative estimate of drug-likeness (QED) is 0.0745. The van der Waals surface area contributed by atoms with Crippen LogP contribution in [0.1, 0.15) is 185 Å². The number of rotatable bonds is 14. The molecule has 0 saturated carbocycles. The highest BCUT2D eigenvalue weighted by Gasteiger charge is 2.56. The minimum Gasteiger partial charge on any atom is -0.462 e. The molecule has 4 rings (SSSR count). The molecule has 2 aromatic carbocycles. The number of ether oxygens (including phenoxy) is 9. The summed E-state index contributed by atoms with van der Waals surface area (Å²) in [5.41, 5.74) is -3.27. The number of esters is 7. The summed E-state index contributed by atoms with van der Waals surface area (Å²) in [6.45, 7) is 36.7. The molecular weight excluding hydrogens is 1050 g/mol. The third-order valence-electron chi connectivity index (χ3n) is 13.0. The third kappa shape index (κ3) is 17.9. The Morgan fingerprint density at radius 3 is 1.07 bits per heavy atom. The van der Waals surface area contributed by atoms with Gasteiger partial charge in [0.25, 0.3) is 0 Å². The molecule has 0 aliphatic carbocycles. The monoisotopic (exact) mass is 1140 g/mol. The van der Waals surface area contributed by atoms with Crippen molar-refractivity contribution in [1.29, 1.82) is 0 Å². The van der Waals surface area contributed by atoms with E-state index in [4.69, 9.17) is 47.2 Å². The first-order chi connectivity index (χ1) is 36.4. The molecule has 2 heterocycles. The molecule has 0 spiro atoms. The average Bonchev–Trinajstić information content (AvgIpc) is 3.31. The van der Waals surface area contributed by atoms with Gasteiger partial charge in [-0.2, -0.15) is 0 Å². The van der Waals surface area contributed by atoms with Crippen LogP contribution in [0, 0.1) is 44.8 Å². The maximum Gasteiger partial charge on any atom is 0.311 e. The fraction of sp³-hybridized carbons (Fsp3) is 0.661. The summed E-state index contributed by atoms with van der Waals surface area (Å²) in [7, 11) is 2.21. The van der Waals surface area contributed by atoms with E-state index in [1.165, 1.54) is 0 Å². The Kier molecular flexibility index (Phi) is 21.5. The van der Waals surface area contributed by atoms with Crippen molar-refractivity contribution in [2.75, 3.05) is 13.2 Å². The number of aryl methyl sites for hydroxylation is 1. The number of hydrogen-bond acceptors (Lipinski definition) is 17. The second-order valence-corrected chi connectivity index (χ2v) is 28.5. The highest BCUT2D eigenvalue weighted by Crippen LogP contribution is 2.43. The van der Waals surface area contributed by atoms with E-state index in [2.05, 4.69) is 9.47 Å². The van der Waals surface area contributed by atoms with Crippen LogP contribution in [-0.4, -0.2) is 104 Å². The Labute approximate surface area is 477 Å². The minimum absolute atomic E-state index is 0.317. The molecular formula is C62H91O17P. The number of hydrogen-bond donors (Lipinski definition) is 0. The maximum absolute atomic E-state index is 13.9. The van der Waals surface area contributed by atoms with Gasteiger partial charge in [0.15, 0.2) is 30.5 Å². The van der Waals surface area contributed by atoms with E-state index >= 15 is 0 Å². The third-order valence-corrected chi connectivity index (χ3v) is 13.3. The molecule has 0 N–H and O–H groups in total. The van der Waals surface area contributed by atoms with Gasteiger partial charge in [0.1, 0.15) is 43.7 Å². The highest BCUT2D eigenvalue weighted by atomic mass is 31.0. The molecule has 2 fully saturated rings. The van der Waals surface area contributed by atoms with E-state index < -0.39 is 141 Å². The molecule has 446 valence electrons. The summed E-state index contributed by atoms with van der Waals surface area (Å²) in [5, 5.41) is 0. The summed E-state index contributed by atoms with van der Waals surface area (Å²) < 4.78 is 62.0. The van der Waals surface area contributed by atoms with Crippen molar-refractivity contribution >= 4 is 63.4 Å². The molecule has 2 aromatic rings. The summed E-state index contributed by atoms with van der Waals surface area (Å²) >= 11 is 0. The molecule has 18 heteroatoms. The molecule has 80 heavy (non-hydrogen) atoms. The van der Waals surface area contributed by atoms with Crippen LogP contribution in [0.25, 0.3) is 12.2 Å². The van der Waals surface area contributed by atoms with Crippen molar-refractivity contribution in [3.05, 3.63) is 70.3 Å². The Bertz CT molecular complexity index is 2570. The molecule has 0 bridgehead atoms. The smallest absolute Gasteiger partial charge is 0.311 e. The zero-order chi connectivity index (χ0) is 61.1. The van der Waals surface area contributed by atoms with Crippen molar-refractivity contribution in [3.8, 4) is 0 Å². The van der Waals surface area contributed by atoms with Gasteiger partial charge in [0, 0.05) is 9.47 Å². The first kappa shape index (κ1) is 67.3. The zero-order valence-corrected chi connectivity index (χ0v) is 52.6. The van der Waals surface area contributed by atoms with Crippen molar-refractivity contribution in [2.24, 2.45) is 37.9 Å². The lowest BCUT2D eigenvalue weighted by atomic mass is 9.87. The van der Waals surface area contributed by atoms with E-state index in [9.17, 15) is 33.6 Å². The molecule has 0 amide bonds. The highest BCUT2D eigenvalue weighted by molar-refractivity contribution is 7.09. The maximum atomic E-state index is 13.9. The Hall–Kier alpha value is -5.22. The predicted molar refractivity (Wildman–Crippen MR) is 304 cm³/mol. The number of carbonyl (C=O) groups is 7. The standard InChI is InChI=1S/C62H91O17P/c1-34-31-36(24-23-35-25-28-37(29-26-35)41-48(79-80)47(78-55(69)62(20,21)22)44(75-52(66)59(11,12)13)39(72-41)32-70-49(63)56(2,3)4)27-30-38(34)42-45(76-53(67)60(14,15)16)46(77-54(68)61(17,18)19)43(74-51(65)58(8,9)10)40(73-42)33-71-50(64)57(5,6)7/h23-31,39-48H,32-33,80H2,1-22H3/b24-23+/t39-,40-,41-,42-,43-,44-,45-,46+,47+,48-/m1/s1. The number of benzene rings is 2. The molecule has 17 nitrogen and oxygen atoms in total. The van der Waals surface area contributed by atoms with E-state index in [-0.39, 0.29) is 13.2 Å². The lowest BCUT2D eigenvalue weighted by molar-refractivity contribution is -0.262. The van der Waals surface area contributed by atoms with Gasteiger partial charge >= 0.3 is 41.8 Å². The molecule has 2 aliphatic rings. The Balaban J connectivity index is 1.79. The van der Waals surface area contributed by atoms with Crippen molar-refractivity contribution in [3.63, 3.8) is 0 Å². The van der Waals surface area contributed by atoms with Gasteiger partial charge < -0.3 is 47.2 Å². The van der Waals surface area contributed by atoms with Gasteiger partial charge in [-0.25, -0.2) is 0 Å². The van der Waals surface area contributed by atoms with Gasteiger partial charge in [-0.05, 0) is 180 Å². The average molecular weight is 1140 g/mol. The lowest BCUT2D eigenvalue weighted by Crippen LogP contribution is -2.61. The van der Waals surface area contributed by atoms with E-state index in [0.717, 1.165) is 11.1 Å². The fourth-order valence-corrected chi connectivity index (χ4v) is 8.11. The topological polar surface area (TPSA) is 212 Å². The van der Waals surface area contributed by atoms with E-state index in [1.54, 1.807) is 145 Å². The normalized spacial score (nSPS) is 24.3. The van der Waals surface area contributed by atoms with Crippen LogP contribution in [0.2, 0.25) is 0 Å². The Morgan fingerprint density at radius 1 is 0.412 bits per heavy atom. The predicted octanol–water partition coefficient (Wildman–Crippen LogP) is 11.2. The van der Waals surface area contributed by atoms with Crippen LogP contribution >= 0.6 is 9.47 Å².